The van der Waals surface area contributed by atoms with Crippen LogP contribution in [0, 0.1) is 23.7 Å². The number of fused-ring (bicyclic) bond motifs is 5. The van der Waals surface area contributed by atoms with Crippen LogP contribution < -0.4 is 24.9 Å². The minimum Gasteiger partial charge on any atom is -0.457 e. The maximum atomic E-state index is 7.25. The van der Waals surface area contributed by atoms with Crippen molar-refractivity contribution < 1.29 is 4.74 Å². The second kappa shape index (κ2) is 17.8. The predicted molar refractivity (Wildman–Crippen MR) is 332 cm³/mol. The molecule has 4 aliphatic carbocycles. The van der Waals surface area contributed by atoms with Crippen LogP contribution in [0.25, 0.3) is 38.4 Å². The van der Waals surface area contributed by atoms with Gasteiger partial charge in [0.25, 0.3) is 0 Å². The molecule has 7 aromatic carbocycles. The highest BCUT2D eigenvalue weighted by molar-refractivity contribution is 6.93. The molecule has 0 N–H and O–H groups in total. The summed E-state index contributed by atoms with van der Waals surface area (Å²) in [7, 11) is -3.48. The number of aromatic nitrogens is 2. The second-order valence-corrected chi connectivity index (χ2v) is 37.9. The molecule has 0 unspecified atom stereocenters. The van der Waals surface area contributed by atoms with Crippen molar-refractivity contribution in [2.24, 2.45) is 23.7 Å². The summed E-state index contributed by atoms with van der Waals surface area (Å²) >= 11 is 0. The van der Waals surface area contributed by atoms with E-state index in [-0.39, 0.29) is 16.2 Å². The summed E-state index contributed by atoms with van der Waals surface area (Å²) in [5.41, 5.74) is 12.6. The van der Waals surface area contributed by atoms with Crippen LogP contribution in [0.3, 0.4) is 0 Å². The van der Waals surface area contributed by atoms with Gasteiger partial charge < -0.3 is 14.5 Å². The molecule has 7 heteroatoms. The zero-order valence-corrected chi connectivity index (χ0v) is 49.8. The highest BCUT2D eigenvalue weighted by atomic mass is 28.3. The zero-order valence-electron chi connectivity index (χ0n) is 47.8. The summed E-state index contributed by atoms with van der Waals surface area (Å²) < 4.78 is 9.69. The summed E-state index contributed by atoms with van der Waals surface area (Å²) in [6.45, 7) is 29.6. The standard InChI is InChI=1S/C70H78N4OSi2/c1-68(2,3)48-27-30-60-58(40-48)57-29-28-54(43-63(57)74(60)66-41-49(31-32-71-66)70(51-34-45-33-46(36-51)37-52(70)35-45)59-22-17-20-47-19-13-14-21-56(47)59)75-55-39-50(69(4,5)6)38-53(42-55)72-44-73(62-24-16-15-23-61(62)72)67-64(76(7,8)9)25-18-26-65(67)77(10,11)12/h13-32,38-43,45-46,51-52H,33-37,44H2,1-12H3. The first-order valence-electron chi connectivity index (χ1n) is 28.8. The molecular formula is C70H78N4OSi2. The van der Waals surface area contributed by atoms with E-state index in [1.54, 1.807) is 0 Å². The van der Waals surface area contributed by atoms with Crippen LogP contribution in [0.15, 0.2) is 158 Å². The van der Waals surface area contributed by atoms with E-state index in [0.29, 0.717) is 11.8 Å². The summed E-state index contributed by atoms with van der Waals surface area (Å²) in [5.74, 6) is 5.50. The van der Waals surface area contributed by atoms with Gasteiger partial charge in [0.2, 0.25) is 0 Å². The Morgan fingerprint density at radius 2 is 1.16 bits per heavy atom. The lowest BCUT2D eigenvalue weighted by Crippen LogP contribution is -2.56. The third-order valence-corrected chi connectivity index (χ3v) is 22.7. The average Bonchev–Trinajstić information content (AvgIpc) is 4.05. The number of anilines is 4. The number of benzene rings is 7. The average molecular weight is 1050 g/mol. The number of pyridine rings is 1. The first-order valence-corrected chi connectivity index (χ1v) is 35.8. The number of ether oxygens (including phenoxy) is 1. The molecule has 5 aliphatic rings. The molecule has 392 valence electrons. The molecule has 0 atom stereocenters. The SMILES string of the molecule is CC(C)(C)c1cc(Oc2ccc3c4cc(C(C)(C)C)ccc4n(-c4cc(C5(c6cccc7ccccc67)C6CC7CC(C6)CC5C7)ccn4)c3c2)cc(N2CN(c3c([Si](C)(C)C)cccc3[Si](C)(C)C)c3ccccc32)c1. The molecule has 1 aliphatic heterocycles. The Morgan fingerprint density at radius 1 is 0.519 bits per heavy atom. The molecular weight excluding hydrogens is 969 g/mol. The lowest BCUT2D eigenvalue weighted by atomic mass is 9.42. The van der Waals surface area contributed by atoms with Crippen LogP contribution >= 0.6 is 0 Å². The minimum atomic E-state index is -1.74. The van der Waals surface area contributed by atoms with E-state index < -0.39 is 16.1 Å². The van der Waals surface area contributed by atoms with Crippen molar-refractivity contribution in [2.45, 2.75) is 129 Å². The van der Waals surface area contributed by atoms with Gasteiger partial charge in [-0.05, 0) is 171 Å². The van der Waals surface area contributed by atoms with Gasteiger partial charge >= 0.3 is 0 Å². The fourth-order valence-electron chi connectivity index (χ4n) is 15.2. The first-order chi connectivity index (χ1) is 36.6. The molecule has 4 fully saturated rings. The third kappa shape index (κ3) is 8.31. The second-order valence-electron chi connectivity index (χ2n) is 27.9. The fraction of sp³-hybridized carbons (Fsp3) is 0.357. The molecule has 77 heavy (non-hydrogen) atoms. The lowest BCUT2D eigenvalue weighted by molar-refractivity contribution is -0.0412. The van der Waals surface area contributed by atoms with Gasteiger partial charge in [-0.3, -0.25) is 4.57 Å². The maximum Gasteiger partial charge on any atom is 0.137 e. The monoisotopic (exact) mass is 1050 g/mol. The minimum absolute atomic E-state index is 0.00881. The first kappa shape index (κ1) is 50.1. The highest BCUT2D eigenvalue weighted by Crippen LogP contribution is 2.66. The Labute approximate surface area is 460 Å². The summed E-state index contributed by atoms with van der Waals surface area (Å²) in [5, 5.41) is 8.25. The van der Waals surface area contributed by atoms with Crippen LogP contribution in [0.1, 0.15) is 95.9 Å². The summed E-state index contributed by atoms with van der Waals surface area (Å²) in [4.78, 5) is 10.5. The molecule has 14 rings (SSSR count). The van der Waals surface area contributed by atoms with Crippen LogP contribution in [0.4, 0.5) is 22.7 Å². The smallest absolute Gasteiger partial charge is 0.137 e. The van der Waals surface area contributed by atoms with Crippen molar-refractivity contribution >= 4 is 81.8 Å². The van der Waals surface area contributed by atoms with Crippen molar-refractivity contribution in [1.82, 2.24) is 9.55 Å². The Bertz CT molecular complexity index is 3740. The van der Waals surface area contributed by atoms with Crippen molar-refractivity contribution in [3.05, 3.63) is 180 Å². The van der Waals surface area contributed by atoms with Crippen LogP contribution in [-0.2, 0) is 16.2 Å². The Kier molecular flexibility index (Phi) is 11.6. The maximum absolute atomic E-state index is 7.25. The molecule has 5 nitrogen and oxygen atoms in total. The zero-order chi connectivity index (χ0) is 53.6. The van der Waals surface area contributed by atoms with E-state index in [4.69, 9.17) is 9.72 Å². The number of para-hydroxylation sites is 3. The molecule has 0 radical (unpaired) electrons. The highest BCUT2D eigenvalue weighted by Gasteiger charge is 2.59. The van der Waals surface area contributed by atoms with Crippen LogP contribution in [0.2, 0.25) is 39.3 Å². The van der Waals surface area contributed by atoms with Crippen molar-refractivity contribution in [3.8, 4) is 17.3 Å². The molecule has 0 saturated heterocycles. The van der Waals surface area contributed by atoms with E-state index in [1.807, 2.05) is 0 Å². The number of nitrogens with zero attached hydrogens (tertiary/aromatic N) is 4. The molecule has 0 spiro atoms. The topological polar surface area (TPSA) is 33.5 Å². The third-order valence-electron chi connectivity index (χ3n) is 18.7. The fourth-order valence-corrected chi connectivity index (χ4v) is 18.5. The van der Waals surface area contributed by atoms with E-state index >= 15 is 0 Å². The Morgan fingerprint density at radius 3 is 1.83 bits per heavy atom. The number of hydrogen-bond donors (Lipinski definition) is 0. The number of hydrogen-bond acceptors (Lipinski definition) is 4. The molecule has 2 aromatic heterocycles. The Balaban J connectivity index is 0.947. The quantitative estimate of drug-likeness (QED) is 0.135. The normalized spacial score (nSPS) is 21.5. The predicted octanol–water partition coefficient (Wildman–Crippen LogP) is 17.8. The van der Waals surface area contributed by atoms with Crippen LogP contribution in [-0.4, -0.2) is 32.4 Å². The lowest BCUT2D eigenvalue weighted by Gasteiger charge is -2.62. The van der Waals surface area contributed by atoms with Crippen molar-refractivity contribution in [2.75, 3.05) is 16.5 Å². The van der Waals surface area contributed by atoms with Crippen LogP contribution in [0.5, 0.6) is 11.5 Å². The van der Waals surface area contributed by atoms with Gasteiger partial charge in [-0.2, -0.15) is 0 Å². The summed E-state index contributed by atoms with van der Waals surface area (Å²) in [6.07, 6.45) is 8.79. The van der Waals surface area contributed by atoms with E-state index in [9.17, 15) is 0 Å². The molecule has 4 bridgehead atoms. The van der Waals surface area contributed by atoms with Gasteiger partial charge in [0.05, 0.1) is 38.6 Å². The molecule has 4 saturated carbocycles. The van der Waals surface area contributed by atoms with Gasteiger partial charge in [0, 0.05) is 45.9 Å². The van der Waals surface area contributed by atoms with Gasteiger partial charge in [-0.1, -0.05) is 160 Å². The van der Waals surface area contributed by atoms with Crippen molar-refractivity contribution in [1.29, 1.82) is 0 Å². The molecule has 3 heterocycles. The van der Waals surface area contributed by atoms with Gasteiger partial charge in [-0.25, -0.2) is 4.98 Å². The van der Waals surface area contributed by atoms with Gasteiger partial charge in [-0.15, -0.1) is 0 Å². The van der Waals surface area contributed by atoms with Gasteiger partial charge in [0.15, 0.2) is 0 Å². The number of rotatable bonds is 9. The molecule has 9 aromatic rings. The van der Waals surface area contributed by atoms with Crippen molar-refractivity contribution in [3.63, 3.8) is 0 Å². The largest absolute Gasteiger partial charge is 0.457 e. The summed E-state index contributed by atoms with van der Waals surface area (Å²) in [6, 6.07) is 58.2. The Hall–Kier alpha value is -6.42. The van der Waals surface area contributed by atoms with E-state index in [1.165, 1.54) is 109 Å². The molecule has 0 amide bonds. The van der Waals surface area contributed by atoms with E-state index in [2.05, 4.69) is 253 Å². The van der Waals surface area contributed by atoms with E-state index in [0.717, 1.165) is 47.0 Å². The van der Waals surface area contributed by atoms with Gasteiger partial charge in [0.1, 0.15) is 24.0 Å².